The van der Waals surface area contributed by atoms with E-state index in [2.05, 4.69) is 110 Å². The zero-order valence-electron chi connectivity index (χ0n) is 37.0. The second-order valence-electron chi connectivity index (χ2n) is 15.1. The molecule has 0 rings (SSSR count). The molecule has 0 fully saturated rings. The standard InChI is InChI=1S/C50H82N2O7/c1-3-5-7-9-11-13-14-15-16-17-18-19-20-21-22-23-24-26-28-34-38-42-49(56)59-45(39-35-31-27-25-12-10-8-6-4-2)40-36-32-29-30-33-37-41-47(54)51-43-48(55)52-46(44-53)50(57)58/h5,7,11,13,15-16,18-19,21-22,25,27,35,39,45-46,53H,3-4,6,8-10,12,14,17,20,23-24,26,28-34,36-38,40-44H2,1-2H3,(H,51,54)(H,52,55)(H,57,58)/b7-5-,13-11-,16-15-,19-18-,22-21-,27-25-,39-35-. The second kappa shape index (κ2) is 43.6. The Hall–Kier alpha value is -3.98. The summed E-state index contributed by atoms with van der Waals surface area (Å²) in [5.41, 5.74) is 0. The van der Waals surface area contributed by atoms with Crippen LogP contribution >= 0.6 is 0 Å². The maximum absolute atomic E-state index is 12.8. The molecule has 0 aromatic carbocycles. The van der Waals surface area contributed by atoms with Crippen molar-refractivity contribution in [1.82, 2.24) is 10.6 Å². The number of allylic oxidation sites excluding steroid dienone is 13. The number of rotatable bonds is 40. The molecule has 0 radical (unpaired) electrons. The average molecular weight is 823 g/mol. The number of ether oxygens (including phenoxy) is 1. The highest BCUT2D eigenvalue weighted by Crippen LogP contribution is 2.15. The van der Waals surface area contributed by atoms with Gasteiger partial charge < -0.3 is 25.6 Å². The average Bonchev–Trinajstić information content (AvgIpc) is 3.22. The molecule has 0 bridgehead atoms. The summed E-state index contributed by atoms with van der Waals surface area (Å²) in [4.78, 5) is 47.5. The third-order valence-electron chi connectivity index (χ3n) is 9.61. The van der Waals surface area contributed by atoms with Gasteiger partial charge in [0, 0.05) is 12.8 Å². The van der Waals surface area contributed by atoms with Gasteiger partial charge in [-0.2, -0.15) is 0 Å². The molecule has 0 saturated carbocycles. The van der Waals surface area contributed by atoms with E-state index in [1.165, 1.54) is 38.5 Å². The first kappa shape index (κ1) is 55.0. The van der Waals surface area contributed by atoms with Gasteiger partial charge in [-0.3, -0.25) is 14.4 Å². The summed E-state index contributed by atoms with van der Waals surface area (Å²) in [5.74, 6) is -2.38. The number of carbonyl (C=O) groups is 4. The van der Waals surface area contributed by atoms with E-state index in [0.717, 1.165) is 109 Å². The number of carboxylic acids is 1. The van der Waals surface area contributed by atoms with E-state index in [4.69, 9.17) is 14.9 Å². The second-order valence-corrected chi connectivity index (χ2v) is 15.1. The van der Waals surface area contributed by atoms with Gasteiger partial charge >= 0.3 is 11.9 Å². The Morgan fingerprint density at radius 2 is 1.02 bits per heavy atom. The number of carbonyl (C=O) groups excluding carboxylic acids is 3. The van der Waals surface area contributed by atoms with Crippen LogP contribution in [0.5, 0.6) is 0 Å². The molecule has 0 saturated heterocycles. The SMILES string of the molecule is CC/C=C\C/C=C\C/C=C\C/C=C\C/C=C\CCCCCCCC(=O)OC(/C=C\C/C=C\CCCCCC)CCCCCCCCC(=O)NCC(=O)NC(CO)C(=O)O. The van der Waals surface area contributed by atoms with Gasteiger partial charge in [-0.05, 0) is 96.0 Å². The zero-order valence-corrected chi connectivity index (χ0v) is 37.0. The molecule has 4 N–H and O–H groups in total. The van der Waals surface area contributed by atoms with Crippen LogP contribution in [0.15, 0.2) is 85.1 Å². The topological polar surface area (TPSA) is 142 Å². The number of aliphatic hydroxyl groups is 1. The number of esters is 1. The summed E-state index contributed by atoms with van der Waals surface area (Å²) in [6.45, 7) is 3.33. The van der Waals surface area contributed by atoms with Gasteiger partial charge in [-0.15, -0.1) is 0 Å². The monoisotopic (exact) mass is 823 g/mol. The molecule has 0 aromatic heterocycles. The van der Waals surface area contributed by atoms with E-state index in [1.807, 2.05) is 0 Å². The lowest BCUT2D eigenvalue weighted by Gasteiger charge is -2.15. The Morgan fingerprint density at radius 1 is 0.542 bits per heavy atom. The first-order valence-electron chi connectivity index (χ1n) is 23.0. The first-order chi connectivity index (χ1) is 28.8. The Balaban J connectivity index is 4.30. The predicted octanol–water partition coefficient (Wildman–Crippen LogP) is 11.7. The van der Waals surface area contributed by atoms with E-state index in [-0.39, 0.29) is 30.9 Å². The van der Waals surface area contributed by atoms with Crippen molar-refractivity contribution < 1.29 is 34.1 Å². The smallest absolute Gasteiger partial charge is 0.328 e. The number of hydrogen-bond donors (Lipinski definition) is 4. The number of hydrogen-bond acceptors (Lipinski definition) is 6. The molecule has 2 amide bonds. The molecule has 9 heteroatoms. The molecule has 0 aliphatic carbocycles. The highest BCUT2D eigenvalue weighted by molar-refractivity contribution is 5.87. The van der Waals surface area contributed by atoms with Gasteiger partial charge in [0.25, 0.3) is 0 Å². The van der Waals surface area contributed by atoms with Crippen LogP contribution in [0.25, 0.3) is 0 Å². The number of unbranched alkanes of at least 4 members (excludes halogenated alkanes) is 14. The summed E-state index contributed by atoms with van der Waals surface area (Å²) in [5, 5.41) is 22.5. The predicted molar refractivity (Wildman–Crippen MR) is 245 cm³/mol. The fourth-order valence-corrected chi connectivity index (χ4v) is 6.10. The molecule has 0 heterocycles. The number of carboxylic acid groups (broad SMARTS) is 1. The number of nitrogens with one attached hydrogen (secondary N) is 2. The van der Waals surface area contributed by atoms with Crippen molar-refractivity contribution >= 4 is 23.8 Å². The maximum atomic E-state index is 12.8. The molecular weight excluding hydrogens is 741 g/mol. The van der Waals surface area contributed by atoms with Gasteiger partial charge in [0.2, 0.25) is 11.8 Å². The minimum absolute atomic E-state index is 0.115. The lowest BCUT2D eigenvalue weighted by Crippen LogP contribution is -2.47. The fraction of sp³-hybridized carbons (Fsp3) is 0.640. The van der Waals surface area contributed by atoms with Crippen LogP contribution in [-0.2, 0) is 23.9 Å². The van der Waals surface area contributed by atoms with Gasteiger partial charge in [-0.25, -0.2) is 4.79 Å². The molecular formula is C50H82N2O7. The van der Waals surface area contributed by atoms with Gasteiger partial charge in [0.15, 0.2) is 0 Å². The molecule has 59 heavy (non-hydrogen) atoms. The summed E-state index contributed by atoms with van der Waals surface area (Å²) in [7, 11) is 0. The molecule has 2 atom stereocenters. The Morgan fingerprint density at radius 3 is 1.56 bits per heavy atom. The minimum atomic E-state index is -1.39. The van der Waals surface area contributed by atoms with E-state index in [9.17, 15) is 19.2 Å². The van der Waals surface area contributed by atoms with Crippen molar-refractivity contribution in [2.45, 2.75) is 193 Å². The molecule has 0 aromatic rings. The highest BCUT2D eigenvalue weighted by atomic mass is 16.5. The summed E-state index contributed by atoms with van der Waals surface area (Å²) < 4.78 is 5.93. The lowest BCUT2D eigenvalue weighted by atomic mass is 10.1. The van der Waals surface area contributed by atoms with E-state index >= 15 is 0 Å². The minimum Gasteiger partial charge on any atom is -0.480 e. The van der Waals surface area contributed by atoms with Crippen molar-refractivity contribution in [3.05, 3.63) is 85.1 Å². The number of amides is 2. The van der Waals surface area contributed by atoms with Gasteiger partial charge in [-0.1, -0.05) is 157 Å². The van der Waals surface area contributed by atoms with Crippen molar-refractivity contribution in [1.29, 1.82) is 0 Å². The number of aliphatic hydroxyl groups excluding tert-OH is 1. The van der Waals surface area contributed by atoms with Gasteiger partial charge in [0.1, 0.15) is 12.1 Å². The lowest BCUT2D eigenvalue weighted by molar-refractivity contribution is -0.147. The highest BCUT2D eigenvalue weighted by Gasteiger charge is 2.18. The molecule has 334 valence electrons. The van der Waals surface area contributed by atoms with Crippen LogP contribution in [0.1, 0.15) is 181 Å². The fourth-order valence-electron chi connectivity index (χ4n) is 6.10. The first-order valence-corrected chi connectivity index (χ1v) is 23.0. The van der Waals surface area contributed by atoms with Crippen LogP contribution in [0.3, 0.4) is 0 Å². The Kier molecular flexibility index (Phi) is 40.7. The Bertz CT molecular complexity index is 1260. The molecule has 0 aliphatic heterocycles. The third-order valence-corrected chi connectivity index (χ3v) is 9.61. The molecule has 0 spiro atoms. The van der Waals surface area contributed by atoms with Crippen molar-refractivity contribution in [2.24, 2.45) is 0 Å². The summed E-state index contributed by atoms with van der Waals surface area (Å²) in [6, 6.07) is -1.39. The van der Waals surface area contributed by atoms with Crippen LogP contribution in [-0.4, -0.2) is 59.3 Å². The van der Waals surface area contributed by atoms with Crippen LogP contribution in [0, 0.1) is 0 Å². The zero-order chi connectivity index (χ0) is 43.3. The van der Waals surface area contributed by atoms with Crippen molar-refractivity contribution in [3.8, 4) is 0 Å². The number of aliphatic carboxylic acids is 1. The van der Waals surface area contributed by atoms with Crippen LogP contribution in [0.2, 0.25) is 0 Å². The quantitative estimate of drug-likeness (QED) is 0.0274. The molecule has 2 unspecified atom stereocenters. The van der Waals surface area contributed by atoms with E-state index < -0.39 is 24.5 Å². The summed E-state index contributed by atoms with van der Waals surface area (Å²) >= 11 is 0. The van der Waals surface area contributed by atoms with Crippen molar-refractivity contribution in [3.63, 3.8) is 0 Å². The molecule has 0 aliphatic rings. The summed E-state index contributed by atoms with van der Waals surface area (Å²) in [6.07, 6.45) is 56.3. The van der Waals surface area contributed by atoms with E-state index in [0.29, 0.717) is 12.8 Å². The molecule has 9 nitrogen and oxygen atoms in total. The Labute approximate surface area is 358 Å². The van der Waals surface area contributed by atoms with Gasteiger partial charge in [0.05, 0.1) is 13.2 Å². The van der Waals surface area contributed by atoms with Crippen LogP contribution < -0.4 is 10.6 Å². The van der Waals surface area contributed by atoms with E-state index in [1.54, 1.807) is 0 Å². The largest absolute Gasteiger partial charge is 0.480 e. The maximum Gasteiger partial charge on any atom is 0.328 e. The normalized spacial score (nSPS) is 13.3. The van der Waals surface area contributed by atoms with Crippen molar-refractivity contribution in [2.75, 3.05) is 13.2 Å². The van der Waals surface area contributed by atoms with Crippen LogP contribution in [0.4, 0.5) is 0 Å². The third kappa shape index (κ3) is 40.6.